The van der Waals surface area contributed by atoms with Crippen molar-refractivity contribution in [3.05, 3.63) is 95.3 Å². The molecule has 0 atom stereocenters. The van der Waals surface area contributed by atoms with E-state index in [-0.39, 0.29) is 18.1 Å². The first-order valence-electron chi connectivity index (χ1n) is 8.34. The van der Waals surface area contributed by atoms with Crippen molar-refractivity contribution >= 4 is 11.9 Å². The van der Waals surface area contributed by atoms with Gasteiger partial charge in [-0.05, 0) is 53.6 Å². The predicted molar refractivity (Wildman–Crippen MR) is 99.8 cm³/mol. The van der Waals surface area contributed by atoms with Gasteiger partial charge in [-0.3, -0.25) is 5.43 Å². The maximum absolute atomic E-state index is 12.9. The summed E-state index contributed by atoms with van der Waals surface area (Å²) in [4.78, 5) is 0. The lowest BCUT2D eigenvalue weighted by Gasteiger charge is -2.08. The molecule has 0 radical (unpaired) electrons. The maximum Gasteiger partial charge on any atom is 0.416 e. The molecule has 0 fully saturated rings. The lowest BCUT2D eigenvalue weighted by molar-refractivity contribution is -0.137. The number of nitrogens with one attached hydrogen (secondary N) is 1. The summed E-state index contributed by atoms with van der Waals surface area (Å²) in [5, 5.41) is 3.96. The molecule has 0 aromatic heterocycles. The summed E-state index contributed by atoms with van der Waals surface area (Å²) in [6.45, 7) is 0.281. The first-order chi connectivity index (χ1) is 13.4. The highest BCUT2D eigenvalue weighted by Crippen LogP contribution is 2.30. The summed E-state index contributed by atoms with van der Waals surface area (Å²) in [5.41, 5.74) is 3.60. The molecule has 0 saturated carbocycles. The van der Waals surface area contributed by atoms with Crippen molar-refractivity contribution in [2.45, 2.75) is 12.8 Å². The number of halogens is 4. The zero-order chi connectivity index (χ0) is 20.0. The molecule has 0 saturated heterocycles. The number of nitrogens with zero attached hydrogens (tertiary/aromatic N) is 1. The fraction of sp³-hybridized carbons (Fsp3) is 0.0952. The Morgan fingerprint density at radius 3 is 2.43 bits per heavy atom. The van der Waals surface area contributed by atoms with Gasteiger partial charge in [0.25, 0.3) is 0 Å². The van der Waals surface area contributed by atoms with Crippen LogP contribution in [0.1, 0.15) is 16.7 Å². The van der Waals surface area contributed by atoms with Crippen molar-refractivity contribution in [3.63, 3.8) is 0 Å². The number of anilines is 1. The number of hydrogen-bond acceptors (Lipinski definition) is 3. The van der Waals surface area contributed by atoms with Gasteiger partial charge in [0, 0.05) is 0 Å². The molecule has 3 nitrogen and oxygen atoms in total. The van der Waals surface area contributed by atoms with Crippen LogP contribution in [0.2, 0.25) is 0 Å². The largest absolute Gasteiger partial charge is 0.489 e. The van der Waals surface area contributed by atoms with Crippen LogP contribution in [0.15, 0.2) is 77.9 Å². The normalized spacial score (nSPS) is 11.6. The Morgan fingerprint density at radius 2 is 1.68 bits per heavy atom. The lowest BCUT2D eigenvalue weighted by atomic mass is 10.2. The molecule has 0 heterocycles. The molecule has 3 aromatic rings. The zero-order valence-corrected chi connectivity index (χ0v) is 14.6. The number of benzene rings is 3. The van der Waals surface area contributed by atoms with E-state index >= 15 is 0 Å². The van der Waals surface area contributed by atoms with Gasteiger partial charge >= 0.3 is 6.18 Å². The van der Waals surface area contributed by atoms with Gasteiger partial charge < -0.3 is 4.74 Å². The Kier molecular flexibility index (Phi) is 5.93. The number of rotatable bonds is 6. The molecule has 144 valence electrons. The van der Waals surface area contributed by atoms with E-state index in [4.69, 9.17) is 4.74 Å². The van der Waals surface area contributed by atoms with Crippen LogP contribution in [0.4, 0.5) is 23.2 Å². The first-order valence-corrected chi connectivity index (χ1v) is 8.34. The SMILES string of the molecule is Fc1ccc(COc2cccc(C=NNc3cccc(C(F)(F)F)c3)c2)cc1. The summed E-state index contributed by atoms with van der Waals surface area (Å²) in [6, 6.07) is 17.8. The van der Waals surface area contributed by atoms with Gasteiger partial charge in [0.15, 0.2) is 0 Å². The van der Waals surface area contributed by atoms with Crippen LogP contribution in [0.5, 0.6) is 5.75 Å². The molecule has 3 aromatic carbocycles. The third kappa shape index (κ3) is 5.57. The van der Waals surface area contributed by atoms with Gasteiger partial charge in [0.05, 0.1) is 17.5 Å². The Morgan fingerprint density at radius 1 is 0.929 bits per heavy atom. The van der Waals surface area contributed by atoms with Crippen LogP contribution in [-0.2, 0) is 12.8 Å². The second-order valence-electron chi connectivity index (χ2n) is 5.94. The van der Waals surface area contributed by atoms with Crippen molar-refractivity contribution < 1.29 is 22.3 Å². The smallest absolute Gasteiger partial charge is 0.416 e. The van der Waals surface area contributed by atoms with E-state index in [0.29, 0.717) is 11.3 Å². The molecule has 3 rings (SSSR count). The topological polar surface area (TPSA) is 33.6 Å². The first kappa shape index (κ1) is 19.4. The molecule has 0 unspecified atom stereocenters. The van der Waals surface area contributed by atoms with E-state index in [0.717, 1.165) is 17.7 Å². The Labute approximate surface area is 159 Å². The van der Waals surface area contributed by atoms with Gasteiger partial charge in [-0.25, -0.2) is 4.39 Å². The van der Waals surface area contributed by atoms with Gasteiger partial charge in [-0.1, -0.05) is 30.3 Å². The second-order valence-corrected chi connectivity index (χ2v) is 5.94. The highest BCUT2D eigenvalue weighted by Gasteiger charge is 2.30. The molecule has 0 bridgehead atoms. The monoisotopic (exact) mass is 388 g/mol. The molecular formula is C21H16F4N2O. The molecule has 28 heavy (non-hydrogen) atoms. The van der Waals surface area contributed by atoms with Crippen molar-refractivity contribution in [1.29, 1.82) is 0 Å². The van der Waals surface area contributed by atoms with Gasteiger partial charge in [-0.15, -0.1) is 0 Å². The van der Waals surface area contributed by atoms with E-state index < -0.39 is 11.7 Å². The fourth-order valence-corrected chi connectivity index (χ4v) is 2.38. The summed E-state index contributed by atoms with van der Waals surface area (Å²) in [7, 11) is 0. The van der Waals surface area contributed by atoms with E-state index in [1.807, 2.05) is 0 Å². The van der Waals surface area contributed by atoms with Crippen LogP contribution in [0.3, 0.4) is 0 Å². The van der Waals surface area contributed by atoms with Crippen LogP contribution >= 0.6 is 0 Å². The molecule has 1 N–H and O–H groups in total. The number of hydrazone groups is 1. The molecule has 0 aliphatic heterocycles. The van der Waals surface area contributed by atoms with Gasteiger partial charge in [0.2, 0.25) is 0 Å². The van der Waals surface area contributed by atoms with E-state index in [1.54, 1.807) is 36.4 Å². The summed E-state index contributed by atoms with van der Waals surface area (Å²) < 4.78 is 56.7. The summed E-state index contributed by atoms with van der Waals surface area (Å²) in [5.74, 6) is 0.280. The zero-order valence-electron chi connectivity index (χ0n) is 14.6. The third-order valence-corrected chi connectivity index (χ3v) is 3.77. The van der Waals surface area contributed by atoms with E-state index in [9.17, 15) is 17.6 Å². The summed E-state index contributed by atoms with van der Waals surface area (Å²) >= 11 is 0. The quantitative estimate of drug-likeness (QED) is 0.326. The predicted octanol–water partition coefficient (Wildman–Crippen LogP) is 5.87. The lowest BCUT2D eigenvalue weighted by Crippen LogP contribution is -2.05. The van der Waals surface area contributed by atoms with Gasteiger partial charge in [-0.2, -0.15) is 18.3 Å². The minimum atomic E-state index is -4.41. The molecular weight excluding hydrogens is 372 g/mol. The number of ether oxygens (including phenoxy) is 1. The van der Waals surface area contributed by atoms with E-state index in [2.05, 4.69) is 10.5 Å². The van der Waals surface area contributed by atoms with Gasteiger partial charge in [0.1, 0.15) is 18.2 Å². The van der Waals surface area contributed by atoms with Crippen LogP contribution < -0.4 is 10.2 Å². The molecule has 7 heteroatoms. The molecule has 0 aliphatic carbocycles. The van der Waals surface area contributed by atoms with Crippen LogP contribution in [-0.4, -0.2) is 6.21 Å². The van der Waals surface area contributed by atoms with Crippen LogP contribution in [0, 0.1) is 5.82 Å². The van der Waals surface area contributed by atoms with Crippen molar-refractivity contribution in [2.75, 3.05) is 5.43 Å². The van der Waals surface area contributed by atoms with Crippen molar-refractivity contribution in [1.82, 2.24) is 0 Å². The summed E-state index contributed by atoms with van der Waals surface area (Å²) in [6.07, 6.45) is -2.93. The Bertz CT molecular complexity index is 953. The maximum atomic E-state index is 12.9. The van der Waals surface area contributed by atoms with Crippen molar-refractivity contribution in [3.8, 4) is 5.75 Å². The Balaban J connectivity index is 1.60. The average molecular weight is 388 g/mol. The molecule has 0 aliphatic rings. The van der Waals surface area contributed by atoms with Crippen LogP contribution in [0.25, 0.3) is 0 Å². The standard InChI is InChI=1S/C21H16F4N2O/c22-18-9-7-15(8-10-18)14-28-20-6-1-3-16(11-20)13-26-27-19-5-2-4-17(12-19)21(23,24)25/h1-13,27H,14H2. The van der Waals surface area contributed by atoms with E-state index in [1.165, 1.54) is 30.5 Å². The number of alkyl halides is 3. The minimum Gasteiger partial charge on any atom is -0.489 e. The van der Waals surface area contributed by atoms with Crippen molar-refractivity contribution in [2.24, 2.45) is 5.10 Å². The third-order valence-electron chi connectivity index (χ3n) is 3.77. The minimum absolute atomic E-state index is 0.231. The fourth-order valence-electron chi connectivity index (χ4n) is 2.38. The highest BCUT2D eigenvalue weighted by molar-refractivity contribution is 5.80. The molecule has 0 amide bonds. The average Bonchev–Trinajstić information content (AvgIpc) is 2.68. The second kappa shape index (κ2) is 8.56. The highest BCUT2D eigenvalue weighted by atomic mass is 19.4. The number of hydrogen-bond donors (Lipinski definition) is 1. The molecule has 0 spiro atoms. The Hall–Kier alpha value is -3.35.